The lowest BCUT2D eigenvalue weighted by Gasteiger charge is -2.00. The highest BCUT2D eigenvalue weighted by molar-refractivity contribution is 5.72. The Morgan fingerprint density at radius 3 is 2.75 bits per heavy atom. The van der Waals surface area contributed by atoms with Gasteiger partial charge in [-0.05, 0) is 23.8 Å². The van der Waals surface area contributed by atoms with Crippen LogP contribution in [-0.2, 0) is 6.42 Å². The number of anilines is 1. The van der Waals surface area contributed by atoms with Crippen LogP contribution in [0.25, 0.3) is 11.2 Å². The fraction of sp³-hybridized carbons (Fsp3) is 0.143. The highest BCUT2D eigenvalue weighted by Gasteiger charge is 2.09. The molecule has 0 radical (unpaired) electrons. The van der Waals surface area contributed by atoms with Crippen LogP contribution in [0.3, 0.4) is 0 Å². The van der Waals surface area contributed by atoms with Crippen LogP contribution in [0.5, 0.6) is 0 Å². The summed E-state index contributed by atoms with van der Waals surface area (Å²) < 4.78 is 26.5. The average Bonchev–Trinajstić information content (AvgIpc) is 2.83. The van der Waals surface area contributed by atoms with Crippen LogP contribution in [0.2, 0.25) is 0 Å². The second-order valence-corrected chi connectivity index (χ2v) is 4.41. The SMILES string of the molecule is CNc1ccc2[nH]c(Cc3ccc(F)cc3F)nc2n1. The lowest BCUT2D eigenvalue weighted by atomic mass is 10.1. The lowest BCUT2D eigenvalue weighted by molar-refractivity contribution is 0.574. The molecule has 2 aromatic heterocycles. The number of fused-ring (bicyclic) bond motifs is 1. The van der Waals surface area contributed by atoms with E-state index in [-0.39, 0.29) is 6.42 Å². The maximum atomic E-state index is 13.6. The van der Waals surface area contributed by atoms with Crippen LogP contribution in [0.4, 0.5) is 14.6 Å². The smallest absolute Gasteiger partial charge is 0.179 e. The summed E-state index contributed by atoms with van der Waals surface area (Å²) in [5, 5.41) is 2.93. The standard InChI is InChI=1S/C14H12F2N4/c1-17-12-5-4-11-14(19-12)20-13(18-11)6-8-2-3-9(15)7-10(8)16/h2-5,7H,6H2,1H3,(H2,17,18,19,20). The number of hydrogen-bond acceptors (Lipinski definition) is 3. The normalized spacial score (nSPS) is 10.9. The van der Waals surface area contributed by atoms with E-state index in [1.165, 1.54) is 12.1 Å². The third-order valence-corrected chi connectivity index (χ3v) is 3.02. The van der Waals surface area contributed by atoms with Crippen molar-refractivity contribution in [2.45, 2.75) is 6.42 Å². The van der Waals surface area contributed by atoms with Crippen molar-refractivity contribution >= 4 is 17.0 Å². The number of aromatic nitrogens is 3. The number of pyridine rings is 1. The van der Waals surface area contributed by atoms with E-state index >= 15 is 0 Å². The molecule has 0 saturated heterocycles. The Hall–Kier alpha value is -2.50. The summed E-state index contributed by atoms with van der Waals surface area (Å²) in [4.78, 5) is 11.7. The van der Waals surface area contributed by atoms with Gasteiger partial charge in [0.05, 0.1) is 5.52 Å². The Morgan fingerprint density at radius 1 is 1.15 bits per heavy atom. The summed E-state index contributed by atoms with van der Waals surface area (Å²) in [7, 11) is 1.77. The van der Waals surface area contributed by atoms with E-state index < -0.39 is 11.6 Å². The molecule has 0 spiro atoms. The first-order valence-electron chi connectivity index (χ1n) is 6.13. The van der Waals surface area contributed by atoms with Crippen LogP contribution < -0.4 is 5.32 Å². The highest BCUT2D eigenvalue weighted by Crippen LogP contribution is 2.17. The Kier molecular flexibility index (Phi) is 3.06. The maximum absolute atomic E-state index is 13.6. The van der Waals surface area contributed by atoms with Crippen molar-refractivity contribution in [1.82, 2.24) is 15.0 Å². The van der Waals surface area contributed by atoms with Crippen molar-refractivity contribution in [3.8, 4) is 0 Å². The molecule has 0 bridgehead atoms. The number of aromatic amines is 1. The second kappa shape index (κ2) is 4.88. The average molecular weight is 274 g/mol. The molecule has 0 amide bonds. The molecule has 1 aromatic carbocycles. The number of halogens is 2. The zero-order chi connectivity index (χ0) is 14.1. The van der Waals surface area contributed by atoms with Crippen LogP contribution in [0.15, 0.2) is 30.3 Å². The molecule has 0 aliphatic heterocycles. The zero-order valence-corrected chi connectivity index (χ0v) is 10.7. The van der Waals surface area contributed by atoms with Gasteiger partial charge in [-0.25, -0.2) is 18.7 Å². The van der Waals surface area contributed by atoms with Crippen molar-refractivity contribution in [2.24, 2.45) is 0 Å². The largest absolute Gasteiger partial charge is 0.373 e. The molecule has 0 aliphatic carbocycles. The predicted octanol–water partition coefficient (Wildman–Crippen LogP) is 2.87. The van der Waals surface area contributed by atoms with Gasteiger partial charge in [0.15, 0.2) is 5.65 Å². The Bertz CT molecular complexity index is 767. The third-order valence-electron chi connectivity index (χ3n) is 3.02. The van der Waals surface area contributed by atoms with Gasteiger partial charge in [0.25, 0.3) is 0 Å². The van der Waals surface area contributed by atoms with Gasteiger partial charge in [-0.2, -0.15) is 0 Å². The number of benzene rings is 1. The third kappa shape index (κ3) is 2.32. The van der Waals surface area contributed by atoms with Crippen molar-refractivity contribution in [3.63, 3.8) is 0 Å². The lowest BCUT2D eigenvalue weighted by Crippen LogP contribution is -1.95. The topological polar surface area (TPSA) is 53.6 Å². The monoisotopic (exact) mass is 274 g/mol. The van der Waals surface area contributed by atoms with Crippen LogP contribution in [-0.4, -0.2) is 22.0 Å². The molecule has 3 rings (SSSR count). The van der Waals surface area contributed by atoms with E-state index in [4.69, 9.17) is 0 Å². The second-order valence-electron chi connectivity index (χ2n) is 4.41. The number of imidazole rings is 1. The van der Waals surface area contributed by atoms with Gasteiger partial charge >= 0.3 is 0 Å². The molecule has 0 aliphatic rings. The Labute approximate surface area is 113 Å². The molecule has 2 N–H and O–H groups in total. The molecule has 0 fully saturated rings. The quantitative estimate of drug-likeness (QED) is 0.772. The summed E-state index contributed by atoms with van der Waals surface area (Å²) in [6, 6.07) is 7.20. The molecule has 6 heteroatoms. The number of nitrogens with one attached hydrogen (secondary N) is 2. The summed E-state index contributed by atoms with van der Waals surface area (Å²) >= 11 is 0. The van der Waals surface area contributed by atoms with Gasteiger partial charge in [-0.3, -0.25) is 0 Å². The van der Waals surface area contributed by atoms with Crippen LogP contribution >= 0.6 is 0 Å². The molecule has 4 nitrogen and oxygen atoms in total. The van der Waals surface area contributed by atoms with Crippen molar-refractivity contribution in [1.29, 1.82) is 0 Å². The van der Waals surface area contributed by atoms with E-state index in [1.807, 2.05) is 12.1 Å². The highest BCUT2D eigenvalue weighted by atomic mass is 19.1. The van der Waals surface area contributed by atoms with Gasteiger partial charge in [-0.1, -0.05) is 6.07 Å². The number of rotatable bonds is 3. The summed E-state index contributed by atoms with van der Waals surface area (Å²) in [5.74, 6) is 0.139. The molecule has 0 unspecified atom stereocenters. The van der Waals surface area contributed by atoms with Crippen molar-refractivity contribution < 1.29 is 8.78 Å². The number of hydrogen-bond donors (Lipinski definition) is 2. The fourth-order valence-corrected chi connectivity index (χ4v) is 2.01. The van der Waals surface area contributed by atoms with Gasteiger partial charge in [0, 0.05) is 19.5 Å². The molecule has 2 heterocycles. The summed E-state index contributed by atoms with van der Waals surface area (Å²) in [5.41, 5.74) is 1.73. The Morgan fingerprint density at radius 2 is 2.00 bits per heavy atom. The summed E-state index contributed by atoms with van der Waals surface area (Å²) in [6.45, 7) is 0. The molecular formula is C14H12F2N4. The maximum Gasteiger partial charge on any atom is 0.179 e. The van der Waals surface area contributed by atoms with Gasteiger partial charge in [-0.15, -0.1) is 0 Å². The molecule has 0 atom stereocenters. The predicted molar refractivity (Wildman–Crippen MR) is 72.6 cm³/mol. The first-order chi connectivity index (χ1) is 9.65. The molecule has 0 saturated carbocycles. The van der Waals surface area contributed by atoms with E-state index in [0.717, 1.165) is 11.6 Å². The van der Waals surface area contributed by atoms with Crippen molar-refractivity contribution in [3.05, 3.63) is 53.4 Å². The van der Waals surface area contributed by atoms with E-state index in [9.17, 15) is 8.78 Å². The summed E-state index contributed by atoms with van der Waals surface area (Å²) in [6.07, 6.45) is 0.261. The van der Waals surface area contributed by atoms with E-state index in [2.05, 4.69) is 20.3 Å². The van der Waals surface area contributed by atoms with Gasteiger partial charge in [0.1, 0.15) is 23.3 Å². The number of nitrogens with zero attached hydrogens (tertiary/aromatic N) is 2. The minimum Gasteiger partial charge on any atom is -0.373 e. The van der Waals surface area contributed by atoms with Crippen LogP contribution in [0.1, 0.15) is 11.4 Å². The number of H-pyrrole nitrogens is 1. The van der Waals surface area contributed by atoms with E-state index in [1.54, 1.807) is 7.05 Å². The van der Waals surface area contributed by atoms with Crippen LogP contribution in [0, 0.1) is 11.6 Å². The molecule has 20 heavy (non-hydrogen) atoms. The Balaban J connectivity index is 1.94. The minimum atomic E-state index is -0.587. The molecule has 102 valence electrons. The first-order valence-corrected chi connectivity index (χ1v) is 6.13. The van der Waals surface area contributed by atoms with Gasteiger partial charge < -0.3 is 10.3 Å². The minimum absolute atomic E-state index is 0.261. The van der Waals surface area contributed by atoms with E-state index in [0.29, 0.717) is 22.9 Å². The molecular weight excluding hydrogens is 262 g/mol. The zero-order valence-electron chi connectivity index (χ0n) is 10.7. The fourth-order valence-electron chi connectivity index (χ4n) is 2.01. The first kappa shape index (κ1) is 12.5. The molecule has 3 aromatic rings. The van der Waals surface area contributed by atoms with Gasteiger partial charge in [0.2, 0.25) is 0 Å². The van der Waals surface area contributed by atoms with Crippen molar-refractivity contribution in [2.75, 3.05) is 12.4 Å².